The van der Waals surface area contributed by atoms with Crippen LogP contribution >= 0.6 is 15.9 Å². The molecule has 0 spiro atoms. The van der Waals surface area contributed by atoms with Gasteiger partial charge in [-0.2, -0.15) is 0 Å². The van der Waals surface area contributed by atoms with Gasteiger partial charge in [0.2, 0.25) is 0 Å². The zero-order valence-corrected chi connectivity index (χ0v) is 28.7. The Hall–Kier alpha value is -3.15. The van der Waals surface area contributed by atoms with Crippen LogP contribution in [0.3, 0.4) is 0 Å². The van der Waals surface area contributed by atoms with E-state index in [4.69, 9.17) is 4.74 Å². The monoisotopic (exact) mass is 710 g/mol. The lowest BCUT2D eigenvalue weighted by atomic mass is 10.0. The number of ether oxygens (including phenoxy) is 1. The molecule has 1 atom stereocenters. The van der Waals surface area contributed by atoms with Crippen molar-refractivity contribution in [2.75, 3.05) is 64.2 Å². The van der Waals surface area contributed by atoms with Gasteiger partial charge in [-0.1, -0.05) is 53.7 Å². The van der Waals surface area contributed by atoms with Gasteiger partial charge in [0.15, 0.2) is 6.10 Å². The summed E-state index contributed by atoms with van der Waals surface area (Å²) in [4.78, 5) is 48.7. The molecule has 47 heavy (non-hydrogen) atoms. The fourth-order valence-electron chi connectivity index (χ4n) is 7.52. The van der Waals surface area contributed by atoms with Crippen molar-refractivity contribution in [1.82, 2.24) is 24.9 Å². The molecule has 0 aromatic heterocycles. The van der Waals surface area contributed by atoms with Gasteiger partial charge in [-0.25, -0.2) is 9.59 Å². The Morgan fingerprint density at radius 2 is 1.55 bits per heavy atom. The lowest BCUT2D eigenvalue weighted by Gasteiger charge is -2.41. The van der Waals surface area contributed by atoms with Crippen LogP contribution in [0.15, 0.2) is 40.9 Å². The number of piperidine rings is 2. The molecule has 2 aromatic carbocycles. The standard InChI is InChI=1S/C35H47BrN6O4.CH4/c1-24-21-26(22-25(2)32(24)36)23-31(33(43)40-19-17-39(18-20-40)28-7-12-37-13-8-28)46-35(45)41-14-10-29(11-15-41)42-16-9-27-5-3-4-6-30(27)38-34(42)44;/h3-6,21-22,28-29,31,37H,7-20,23H2,1-2H3,(H,38,44);1H4/t31-;/m1./s1. The molecule has 0 aliphatic carbocycles. The normalized spacial score (nSPS) is 20.5. The number of amides is 4. The summed E-state index contributed by atoms with van der Waals surface area (Å²) in [5.41, 5.74) is 5.16. The summed E-state index contributed by atoms with van der Waals surface area (Å²) in [5, 5.41) is 6.50. The number of carbonyl (C=O) groups excluding carboxylic acids is 3. The van der Waals surface area contributed by atoms with E-state index in [1.807, 2.05) is 41.8 Å². The van der Waals surface area contributed by atoms with Crippen molar-refractivity contribution in [2.24, 2.45) is 0 Å². The number of para-hydroxylation sites is 1. The number of carbonyl (C=O) groups is 3. The summed E-state index contributed by atoms with van der Waals surface area (Å²) >= 11 is 3.65. The third kappa shape index (κ3) is 8.29. The smallest absolute Gasteiger partial charge is 0.410 e. The van der Waals surface area contributed by atoms with Crippen molar-refractivity contribution in [3.05, 3.63) is 63.1 Å². The second kappa shape index (κ2) is 15.8. The highest BCUT2D eigenvalue weighted by atomic mass is 79.9. The van der Waals surface area contributed by atoms with Crippen LogP contribution in [0, 0.1) is 13.8 Å². The maximum Gasteiger partial charge on any atom is 0.410 e. The highest BCUT2D eigenvalue weighted by molar-refractivity contribution is 9.10. The first-order valence-electron chi connectivity index (χ1n) is 16.9. The first-order chi connectivity index (χ1) is 22.3. The van der Waals surface area contributed by atoms with Gasteiger partial charge in [0.1, 0.15) is 0 Å². The first-order valence-corrected chi connectivity index (χ1v) is 17.7. The third-order valence-electron chi connectivity index (χ3n) is 10.2. The molecule has 0 saturated carbocycles. The minimum Gasteiger partial charge on any atom is -0.436 e. The molecule has 0 radical (unpaired) electrons. The maximum absolute atomic E-state index is 14.0. The van der Waals surface area contributed by atoms with Crippen LogP contribution in [-0.4, -0.2) is 115 Å². The number of benzene rings is 2. The molecule has 6 rings (SSSR count). The molecular formula is C36H51BrN6O4. The van der Waals surface area contributed by atoms with Gasteiger partial charge in [-0.05, 0) is 87.4 Å². The van der Waals surface area contributed by atoms with E-state index in [0.717, 1.165) is 77.9 Å². The van der Waals surface area contributed by atoms with Crippen LogP contribution < -0.4 is 10.6 Å². The fraction of sp³-hybridized carbons (Fsp3) is 0.583. The Morgan fingerprint density at radius 1 is 0.894 bits per heavy atom. The molecule has 256 valence electrons. The average Bonchev–Trinajstić information content (AvgIpc) is 3.25. The van der Waals surface area contributed by atoms with Crippen LogP contribution in [0.4, 0.5) is 15.3 Å². The number of anilines is 1. The molecular weight excluding hydrogens is 660 g/mol. The van der Waals surface area contributed by atoms with E-state index < -0.39 is 12.2 Å². The molecule has 0 bridgehead atoms. The zero-order valence-electron chi connectivity index (χ0n) is 27.1. The molecule has 2 aromatic rings. The molecule has 3 saturated heterocycles. The Labute approximate surface area is 288 Å². The molecule has 0 unspecified atom stereocenters. The Bertz CT molecular complexity index is 1390. The van der Waals surface area contributed by atoms with Gasteiger partial charge in [0.25, 0.3) is 5.91 Å². The number of nitrogens with zero attached hydrogens (tertiary/aromatic N) is 4. The predicted molar refractivity (Wildman–Crippen MR) is 189 cm³/mol. The van der Waals surface area contributed by atoms with E-state index in [-0.39, 0.29) is 25.4 Å². The van der Waals surface area contributed by atoms with Gasteiger partial charge in [-0.15, -0.1) is 0 Å². The number of hydrogen-bond acceptors (Lipinski definition) is 6. The second-order valence-corrected chi connectivity index (χ2v) is 14.0. The minimum atomic E-state index is -0.898. The van der Waals surface area contributed by atoms with Gasteiger partial charge in [-0.3, -0.25) is 9.69 Å². The summed E-state index contributed by atoms with van der Waals surface area (Å²) in [7, 11) is 0. The number of nitrogens with one attached hydrogen (secondary N) is 2. The van der Waals surface area contributed by atoms with Crippen LogP contribution in [0.5, 0.6) is 0 Å². The van der Waals surface area contributed by atoms with E-state index >= 15 is 0 Å². The van der Waals surface area contributed by atoms with E-state index in [1.165, 1.54) is 0 Å². The van der Waals surface area contributed by atoms with Gasteiger partial charge in [0.05, 0.1) is 0 Å². The Kier molecular flexibility index (Phi) is 11.8. The molecule has 4 aliphatic heterocycles. The fourth-order valence-corrected chi connectivity index (χ4v) is 7.75. The maximum atomic E-state index is 14.0. The minimum absolute atomic E-state index is 0. The molecule has 3 fully saturated rings. The highest BCUT2D eigenvalue weighted by Crippen LogP contribution is 2.27. The highest BCUT2D eigenvalue weighted by Gasteiger charge is 2.36. The summed E-state index contributed by atoms with van der Waals surface area (Å²) < 4.78 is 7.15. The summed E-state index contributed by atoms with van der Waals surface area (Å²) in [6.07, 6.45) is 3.39. The number of aryl methyl sites for hydroxylation is 2. The number of fused-ring (bicyclic) bond motifs is 1. The van der Waals surface area contributed by atoms with Crippen molar-refractivity contribution in [3.8, 4) is 0 Å². The van der Waals surface area contributed by atoms with E-state index in [9.17, 15) is 14.4 Å². The molecule has 4 amide bonds. The first kappa shape index (κ1) is 35.2. The number of rotatable bonds is 6. The summed E-state index contributed by atoms with van der Waals surface area (Å²) in [6.45, 7) is 10.7. The number of hydrogen-bond donors (Lipinski definition) is 2. The van der Waals surface area contributed by atoms with Gasteiger partial charge in [0, 0.05) is 74.5 Å². The molecule has 11 heteroatoms. The topological polar surface area (TPSA) is 97.5 Å². The van der Waals surface area contributed by atoms with Crippen molar-refractivity contribution < 1.29 is 19.1 Å². The van der Waals surface area contributed by atoms with Crippen molar-refractivity contribution in [2.45, 2.75) is 78.0 Å². The number of halogens is 1. The molecule has 10 nitrogen and oxygen atoms in total. The SMILES string of the molecule is C.Cc1cc(C[C@@H](OC(=O)N2CCC(N3CCc4ccccc4NC3=O)CC2)C(=O)N2CCN(C3CCNCC3)CC2)cc(C)c1Br. The number of urea groups is 1. The quantitative estimate of drug-likeness (QED) is 0.428. The second-order valence-electron chi connectivity index (χ2n) is 13.2. The van der Waals surface area contributed by atoms with E-state index in [2.05, 4.69) is 49.7 Å². The van der Waals surface area contributed by atoms with Gasteiger partial charge >= 0.3 is 12.1 Å². The Morgan fingerprint density at radius 3 is 2.23 bits per heavy atom. The van der Waals surface area contributed by atoms with Crippen molar-refractivity contribution in [1.29, 1.82) is 0 Å². The summed E-state index contributed by atoms with van der Waals surface area (Å²) in [5.74, 6) is -0.118. The van der Waals surface area contributed by atoms with Crippen LogP contribution in [0.1, 0.15) is 55.4 Å². The van der Waals surface area contributed by atoms with Crippen LogP contribution in [0.2, 0.25) is 0 Å². The number of likely N-dealkylation sites (tertiary alicyclic amines) is 1. The predicted octanol–water partition coefficient (Wildman–Crippen LogP) is 5.20. The third-order valence-corrected chi connectivity index (χ3v) is 11.4. The Balaban J connectivity index is 0.00000433. The lowest BCUT2D eigenvalue weighted by Crippen LogP contribution is -2.56. The largest absolute Gasteiger partial charge is 0.436 e. The molecule has 4 heterocycles. The van der Waals surface area contributed by atoms with E-state index in [0.29, 0.717) is 58.0 Å². The average molecular weight is 712 g/mol. The zero-order chi connectivity index (χ0) is 32.2. The van der Waals surface area contributed by atoms with Crippen LogP contribution in [-0.2, 0) is 22.4 Å². The molecule has 4 aliphatic rings. The van der Waals surface area contributed by atoms with Gasteiger partial charge < -0.3 is 30.1 Å². The summed E-state index contributed by atoms with van der Waals surface area (Å²) in [6, 6.07) is 12.6. The van der Waals surface area contributed by atoms with Crippen molar-refractivity contribution >= 4 is 39.6 Å². The van der Waals surface area contributed by atoms with E-state index in [1.54, 1.807) is 4.90 Å². The van der Waals surface area contributed by atoms with Crippen molar-refractivity contribution in [3.63, 3.8) is 0 Å². The van der Waals surface area contributed by atoms with Crippen LogP contribution in [0.25, 0.3) is 0 Å². The molecule has 2 N–H and O–H groups in total. The number of piperazine rings is 1. The lowest BCUT2D eigenvalue weighted by molar-refractivity contribution is -0.143.